The Morgan fingerprint density at radius 2 is 2.00 bits per heavy atom. The molecule has 0 amide bonds. The quantitative estimate of drug-likeness (QED) is 0.644. The van der Waals surface area contributed by atoms with Crippen LogP contribution in [0.25, 0.3) is 0 Å². The first-order chi connectivity index (χ1) is 9.74. The molecule has 1 aromatic carbocycles. The number of hydrogen-bond acceptors (Lipinski definition) is 4. The van der Waals surface area contributed by atoms with Crippen LogP contribution in [-0.2, 0) is 6.42 Å². The molecule has 2 aromatic rings. The van der Waals surface area contributed by atoms with Crippen molar-refractivity contribution < 1.29 is 4.79 Å². The Balaban J connectivity index is 2.14. The second-order valence-corrected chi connectivity index (χ2v) is 4.83. The summed E-state index contributed by atoms with van der Waals surface area (Å²) in [7, 11) is 0. The first-order valence-electron chi connectivity index (χ1n) is 6.56. The molecule has 0 fully saturated rings. The molecule has 0 aliphatic heterocycles. The normalized spacial score (nSPS) is 10.3. The Kier molecular flexibility index (Phi) is 5.07. The lowest BCUT2D eigenvalue weighted by Gasteiger charge is -2.09. The summed E-state index contributed by atoms with van der Waals surface area (Å²) in [5.74, 6) is 0.418. The van der Waals surface area contributed by atoms with Gasteiger partial charge in [0.05, 0.1) is 5.56 Å². The van der Waals surface area contributed by atoms with Gasteiger partial charge in [-0.3, -0.25) is 4.79 Å². The molecule has 0 radical (unpaired) electrons. The maximum absolute atomic E-state index is 11.0. The molecule has 20 heavy (non-hydrogen) atoms. The number of benzene rings is 1. The zero-order valence-corrected chi connectivity index (χ0v) is 12.0. The number of hydrogen-bond donors (Lipinski definition) is 1. The average molecular weight is 290 g/mol. The van der Waals surface area contributed by atoms with E-state index in [9.17, 15) is 4.79 Å². The van der Waals surface area contributed by atoms with Crippen LogP contribution in [0.1, 0.15) is 35.7 Å². The van der Waals surface area contributed by atoms with Gasteiger partial charge in [-0.2, -0.15) is 0 Å². The number of aromatic nitrogens is 2. The standard InChI is InChI=1S/C15H16ClN3O/c1-2-3-4-11-5-7-12(8-6-11)19-15-13(9-20)14(16)17-10-18-15/h5-10H,2-4H2,1H3,(H,17,18,19). The zero-order valence-electron chi connectivity index (χ0n) is 11.3. The summed E-state index contributed by atoms with van der Waals surface area (Å²) >= 11 is 5.86. The predicted octanol–water partition coefficient (Wildman–Crippen LogP) is 4.03. The molecule has 0 spiro atoms. The second-order valence-electron chi connectivity index (χ2n) is 4.47. The van der Waals surface area contributed by atoms with E-state index in [1.807, 2.05) is 12.1 Å². The third-order valence-electron chi connectivity index (χ3n) is 2.99. The summed E-state index contributed by atoms with van der Waals surface area (Å²) in [6, 6.07) is 8.08. The Bertz CT molecular complexity index is 584. The van der Waals surface area contributed by atoms with Crippen LogP contribution in [0.15, 0.2) is 30.6 Å². The summed E-state index contributed by atoms with van der Waals surface area (Å²) in [5, 5.41) is 3.23. The first kappa shape index (κ1) is 14.5. The van der Waals surface area contributed by atoms with Crippen LogP contribution < -0.4 is 5.32 Å². The van der Waals surface area contributed by atoms with Gasteiger partial charge in [-0.25, -0.2) is 9.97 Å². The molecule has 0 saturated carbocycles. The Hall–Kier alpha value is -1.94. The van der Waals surface area contributed by atoms with Crippen molar-refractivity contribution in [3.8, 4) is 0 Å². The van der Waals surface area contributed by atoms with Gasteiger partial charge < -0.3 is 5.32 Å². The Labute approximate surface area is 123 Å². The highest BCUT2D eigenvalue weighted by molar-refractivity contribution is 6.32. The van der Waals surface area contributed by atoms with Gasteiger partial charge in [0.2, 0.25) is 0 Å². The number of carbonyl (C=O) groups is 1. The van der Waals surface area contributed by atoms with Crippen molar-refractivity contribution in [2.45, 2.75) is 26.2 Å². The summed E-state index contributed by atoms with van der Waals surface area (Å²) in [4.78, 5) is 18.8. The van der Waals surface area contributed by atoms with Gasteiger partial charge in [-0.1, -0.05) is 37.1 Å². The largest absolute Gasteiger partial charge is 0.339 e. The molecule has 1 aromatic heterocycles. The number of nitrogens with zero attached hydrogens (tertiary/aromatic N) is 2. The Morgan fingerprint density at radius 1 is 1.25 bits per heavy atom. The van der Waals surface area contributed by atoms with Gasteiger partial charge in [0.1, 0.15) is 17.3 Å². The van der Waals surface area contributed by atoms with E-state index in [4.69, 9.17) is 11.6 Å². The summed E-state index contributed by atoms with van der Waals surface area (Å²) in [6.45, 7) is 2.18. The van der Waals surface area contributed by atoms with Crippen molar-refractivity contribution in [3.05, 3.63) is 46.9 Å². The van der Waals surface area contributed by atoms with Gasteiger partial charge >= 0.3 is 0 Å². The molecule has 5 heteroatoms. The van der Waals surface area contributed by atoms with Crippen LogP contribution in [0.4, 0.5) is 11.5 Å². The van der Waals surface area contributed by atoms with E-state index in [0.717, 1.165) is 12.1 Å². The number of aryl methyl sites for hydroxylation is 1. The fourth-order valence-corrected chi connectivity index (χ4v) is 2.03. The van der Waals surface area contributed by atoms with Crippen LogP contribution >= 0.6 is 11.6 Å². The highest BCUT2D eigenvalue weighted by atomic mass is 35.5. The average Bonchev–Trinajstić information content (AvgIpc) is 2.47. The maximum Gasteiger partial charge on any atom is 0.156 e. The lowest BCUT2D eigenvalue weighted by molar-refractivity contribution is 0.112. The van der Waals surface area contributed by atoms with E-state index in [1.165, 1.54) is 24.7 Å². The molecule has 2 rings (SSSR count). The number of nitrogens with one attached hydrogen (secondary N) is 1. The van der Waals surface area contributed by atoms with Crippen LogP contribution in [0.3, 0.4) is 0 Å². The summed E-state index contributed by atoms with van der Waals surface area (Å²) in [5.41, 5.74) is 2.43. The molecule has 0 aliphatic rings. The highest BCUT2D eigenvalue weighted by Gasteiger charge is 2.08. The number of unbranched alkanes of at least 4 members (excludes halogenated alkanes) is 1. The second kappa shape index (κ2) is 7.01. The van der Waals surface area contributed by atoms with Gasteiger partial charge in [-0.05, 0) is 30.5 Å². The minimum Gasteiger partial charge on any atom is -0.339 e. The molecule has 1 heterocycles. The highest BCUT2D eigenvalue weighted by Crippen LogP contribution is 2.22. The number of aldehydes is 1. The van der Waals surface area contributed by atoms with Crippen LogP contribution in [0, 0.1) is 0 Å². The zero-order chi connectivity index (χ0) is 14.4. The van der Waals surface area contributed by atoms with Crippen LogP contribution in [0.2, 0.25) is 5.15 Å². The van der Waals surface area contributed by atoms with Crippen molar-refractivity contribution in [1.29, 1.82) is 0 Å². The molecule has 0 aliphatic carbocycles. The van der Waals surface area contributed by atoms with Crippen LogP contribution in [-0.4, -0.2) is 16.3 Å². The number of halogens is 1. The topological polar surface area (TPSA) is 54.9 Å². The molecule has 1 N–H and O–H groups in total. The van der Waals surface area contributed by atoms with Gasteiger partial charge in [0, 0.05) is 5.69 Å². The molecule has 0 atom stereocenters. The van der Waals surface area contributed by atoms with Gasteiger partial charge in [0.15, 0.2) is 6.29 Å². The lowest BCUT2D eigenvalue weighted by Crippen LogP contribution is -2.00. The monoisotopic (exact) mass is 289 g/mol. The molecular formula is C15H16ClN3O. The minimum absolute atomic E-state index is 0.150. The lowest BCUT2D eigenvalue weighted by atomic mass is 10.1. The summed E-state index contributed by atoms with van der Waals surface area (Å²) in [6.07, 6.45) is 5.43. The fourth-order valence-electron chi connectivity index (χ4n) is 1.85. The molecule has 0 bridgehead atoms. The third kappa shape index (κ3) is 3.54. The van der Waals surface area contributed by atoms with Crippen molar-refractivity contribution >= 4 is 29.4 Å². The van der Waals surface area contributed by atoms with Crippen molar-refractivity contribution in [3.63, 3.8) is 0 Å². The summed E-state index contributed by atoms with van der Waals surface area (Å²) < 4.78 is 0. The SMILES string of the molecule is CCCCc1ccc(Nc2ncnc(Cl)c2C=O)cc1. The fraction of sp³-hybridized carbons (Fsp3) is 0.267. The van der Waals surface area contributed by atoms with Crippen molar-refractivity contribution in [2.75, 3.05) is 5.32 Å². The molecular weight excluding hydrogens is 274 g/mol. The molecule has 4 nitrogen and oxygen atoms in total. The molecule has 0 unspecified atom stereocenters. The van der Waals surface area contributed by atoms with Gasteiger partial charge in [0.25, 0.3) is 0 Å². The molecule has 0 saturated heterocycles. The van der Waals surface area contributed by atoms with Crippen LogP contribution in [0.5, 0.6) is 0 Å². The van der Waals surface area contributed by atoms with Crippen molar-refractivity contribution in [2.24, 2.45) is 0 Å². The van der Waals surface area contributed by atoms with E-state index < -0.39 is 0 Å². The maximum atomic E-state index is 11.0. The third-order valence-corrected chi connectivity index (χ3v) is 3.29. The van der Waals surface area contributed by atoms with E-state index in [1.54, 1.807) is 0 Å². The number of rotatable bonds is 6. The van der Waals surface area contributed by atoms with Crippen molar-refractivity contribution in [1.82, 2.24) is 9.97 Å². The number of carbonyl (C=O) groups excluding carboxylic acids is 1. The van der Waals surface area contributed by atoms with E-state index in [2.05, 4.69) is 34.3 Å². The minimum atomic E-state index is 0.150. The van der Waals surface area contributed by atoms with Gasteiger partial charge in [-0.15, -0.1) is 0 Å². The number of anilines is 2. The van der Waals surface area contributed by atoms with E-state index in [-0.39, 0.29) is 10.7 Å². The molecule has 104 valence electrons. The van der Waals surface area contributed by atoms with E-state index >= 15 is 0 Å². The van der Waals surface area contributed by atoms with E-state index in [0.29, 0.717) is 12.1 Å². The first-order valence-corrected chi connectivity index (χ1v) is 6.94. The Morgan fingerprint density at radius 3 is 2.65 bits per heavy atom. The smallest absolute Gasteiger partial charge is 0.156 e. The predicted molar refractivity (Wildman–Crippen MR) is 80.8 cm³/mol.